The van der Waals surface area contributed by atoms with Crippen molar-refractivity contribution in [2.24, 2.45) is 0 Å². The Kier molecular flexibility index (Phi) is 7.84. The van der Waals surface area contributed by atoms with Gasteiger partial charge in [0.15, 0.2) is 0 Å². The molecule has 0 saturated carbocycles. The Hall–Kier alpha value is -1.46. The van der Waals surface area contributed by atoms with Crippen molar-refractivity contribution in [1.82, 2.24) is 5.32 Å². The molecule has 1 unspecified atom stereocenters. The molecule has 1 atom stereocenters. The number of hydrogen-bond donors (Lipinski definition) is 1. The highest BCUT2D eigenvalue weighted by Crippen LogP contribution is 2.17. The number of nitro groups is 1. The van der Waals surface area contributed by atoms with Crippen molar-refractivity contribution < 1.29 is 9.66 Å². The van der Waals surface area contributed by atoms with Crippen molar-refractivity contribution >= 4 is 5.69 Å². The molecule has 0 amide bonds. The number of nitrogens with one attached hydrogen (secondary N) is 1. The summed E-state index contributed by atoms with van der Waals surface area (Å²) in [4.78, 5) is 10.2. The highest BCUT2D eigenvalue weighted by molar-refractivity contribution is 5.33. The predicted octanol–water partition coefficient (Wildman–Crippen LogP) is 3.45. The summed E-state index contributed by atoms with van der Waals surface area (Å²) in [5.74, 6) is 0. The zero-order valence-corrected chi connectivity index (χ0v) is 12.3. The van der Waals surface area contributed by atoms with E-state index in [0.717, 1.165) is 44.6 Å². The van der Waals surface area contributed by atoms with E-state index in [9.17, 15) is 10.1 Å². The van der Waals surface area contributed by atoms with Crippen LogP contribution in [0.1, 0.15) is 44.7 Å². The molecule has 0 saturated heterocycles. The molecule has 1 rings (SSSR count). The second-order valence-corrected chi connectivity index (χ2v) is 4.84. The van der Waals surface area contributed by atoms with Crippen LogP contribution in [0.2, 0.25) is 0 Å². The Bertz CT molecular complexity index is 393. The molecule has 0 aromatic heterocycles. The van der Waals surface area contributed by atoms with Crippen LogP contribution in [0, 0.1) is 10.1 Å². The molecule has 0 bridgehead atoms. The molecule has 0 aliphatic carbocycles. The Balaban J connectivity index is 2.22. The fourth-order valence-corrected chi connectivity index (χ4v) is 1.84. The maximum atomic E-state index is 10.6. The van der Waals surface area contributed by atoms with Gasteiger partial charge in [-0.25, -0.2) is 0 Å². The number of hydrogen-bond acceptors (Lipinski definition) is 4. The molecule has 0 aliphatic rings. The number of rotatable bonds is 10. The molecule has 5 heteroatoms. The average molecular weight is 280 g/mol. The first-order chi connectivity index (χ1) is 9.65. The van der Waals surface area contributed by atoms with E-state index in [1.54, 1.807) is 24.3 Å². The van der Waals surface area contributed by atoms with E-state index >= 15 is 0 Å². The third-order valence-corrected chi connectivity index (χ3v) is 3.16. The van der Waals surface area contributed by atoms with Gasteiger partial charge in [-0.15, -0.1) is 0 Å². The summed E-state index contributed by atoms with van der Waals surface area (Å²) >= 11 is 0. The normalized spacial score (nSPS) is 12.3. The molecular weight excluding hydrogens is 256 g/mol. The van der Waals surface area contributed by atoms with Gasteiger partial charge >= 0.3 is 0 Å². The molecule has 0 aliphatic heterocycles. The van der Waals surface area contributed by atoms with Crippen LogP contribution in [-0.2, 0) is 4.74 Å². The van der Waals surface area contributed by atoms with E-state index in [0.29, 0.717) is 0 Å². The highest BCUT2D eigenvalue weighted by atomic mass is 16.6. The first-order valence-electron chi connectivity index (χ1n) is 7.20. The Morgan fingerprint density at radius 1 is 1.25 bits per heavy atom. The van der Waals surface area contributed by atoms with Crippen molar-refractivity contribution in [2.45, 2.75) is 39.2 Å². The summed E-state index contributed by atoms with van der Waals surface area (Å²) in [6.07, 6.45) is 3.25. The van der Waals surface area contributed by atoms with Gasteiger partial charge < -0.3 is 10.1 Å². The Morgan fingerprint density at radius 2 is 1.90 bits per heavy atom. The number of nitrogens with zero attached hydrogens (tertiary/aromatic N) is 1. The quantitative estimate of drug-likeness (QED) is 0.405. The maximum absolute atomic E-state index is 10.6. The monoisotopic (exact) mass is 280 g/mol. The summed E-state index contributed by atoms with van der Waals surface area (Å²) in [5.41, 5.74) is 1.19. The van der Waals surface area contributed by atoms with Crippen LogP contribution in [0.25, 0.3) is 0 Å². The van der Waals surface area contributed by atoms with E-state index in [1.807, 2.05) is 0 Å². The smallest absolute Gasteiger partial charge is 0.269 e. The second-order valence-electron chi connectivity index (χ2n) is 4.84. The number of nitro benzene ring substituents is 1. The number of benzene rings is 1. The van der Waals surface area contributed by atoms with E-state index in [2.05, 4.69) is 19.2 Å². The highest BCUT2D eigenvalue weighted by Gasteiger charge is 2.08. The van der Waals surface area contributed by atoms with Crippen molar-refractivity contribution in [1.29, 1.82) is 0 Å². The molecule has 0 heterocycles. The van der Waals surface area contributed by atoms with Crippen molar-refractivity contribution in [3.63, 3.8) is 0 Å². The molecule has 0 spiro atoms. The zero-order valence-electron chi connectivity index (χ0n) is 12.3. The fraction of sp³-hybridized carbons (Fsp3) is 0.600. The second kappa shape index (κ2) is 9.44. The minimum Gasteiger partial charge on any atom is -0.381 e. The van der Waals surface area contributed by atoms with Gasteiger partial charge in [-0.3, -0.25) is 10.1 Å². The van der Waals surface area contributed by atoms with E-state index < -0.39 is 0 Å². The molecule has 0 fully saturated rings. The first kappa shape index (κ1) is 16.6. The van der Waals surface area contributed by atoms with Crippen LogP contribution in [0.15, 0.2) is 24.3 Å². The first-order valence-corrected chi connectivity index (χ1v) is 7.20. The third kappa shape index (κ3) is 6.12. The molecule has 112 valence electrons. The van der Waals surface area contributed by atoms with Crippen LogP contribution < -0.4 is 5.32 Å². The van der Waals surface area contributed by atoms with Gasteiger partial charge in [0.05, 0.1) is 4.92 Å². The van der Waals surface area contributed by atoms with Crippen LogP contribution in [0.4, 0.5) is 5.69 Å². The summed E-state index contributed by atoms with van der Waals surface area (Å²) in [6, 6.07) is 6.87. The van der Waals surface area contributed by atoms with Crippen LogP contribution in [0.5, 0.6) is 0 Å². The lowest BCUT2D eigenvalue weighted by Crippen LogP contribution is -2.21. The topological polar surface area (TPSA) is 64.4 Å². The molecule has 5 nitrogen and oxygen atoms in total. The minimum atomic E-state index is -0.379. The van der Waals surface area contributed by atoms with Crippen LogP contribution in [-0.4, -0.2) is 24.7 Å². The number of unbranched alkanes of at least 4 members (excludes halogenated alkanes) is 1. The molecule has 1 aromatic rings. The van der Waals surface area contributed by atoms with Crippen LogP contribution in [0.3, 0.4) is 0 Å². The van der Waals surface area contributed by atoms with E-state index in [-0.39, 0.29) is 16.7 Å². The van der Waals surface area contributed by atoms with E-state index in [4.69, 9.17) is 4.74 Å². The lowest BCUT2D eigenvalue weighted by atomic mass is 10.1. The third-order valence-electron chi connectivity index (χ3n) is 3.16. The van der Waals surface area contributed by atoms with Gasteiger partial charge in [0, 0.05) is 31.4 Å². The summed E-state index contributed by atoms with van der Waals surface area (Å²) in [6.45, 7) is 6.70. The molecule has 20 heavy (non-hydrogen) atoms. The van der Waals surface area contributed by atoms with Crippen molar-refractivity contribution in [3.05, 3.63) is 39.9 Å². The predicted molar refractivity (Wildman–Crippen MR) is 79.9 cm³/mol. The van der Waals surface area contributed by atoms with Crippen molar-refractivity contribution in [2.75, 3.05) is 19.8 Å². The summed E-state index contributed by atoms with van der Waals surface area (Å²) in [5, 5.41) is 14.0. The van der Waals surface area contributed by atoms with E-state index in [1.165, 1.54) is 0 Å². The van der Waals surface area contributed by atoms with Gasteiger partial charge in [0.2, 0.25) is 0 Å². The van der Waals surface area contributed by atoms with Gasteiger partial charge in [-0.05, 0) is 31.9 Å². The van der Waals surface area contributed by atoms with Crippen LogP contribution >= 0.6 is 0 Å². The maximum Gasteiger partial charge on any atom is 0.269 e. The average Bonchev–Trinajstić information content (AvgIpc) is 2.46. The Labute approximate surface area is 120 Å². The van der Waals surface area contributed by atoms with Gasteiger partial charge in [-0.2, -0.15) is 0 Å². The number of non-ortho nitro benzene ring substituents is 1. The zero-order chi connectivity index (χ0) is 14.8. The van der Waals surface area contributed by atoms with Gasteiger partial charge in [0.25, 0.3) is 5.69 Å². The van der Waals surface area contributed by atoms with Gasteiger partial charge in [0.1, 0.15) is 0 Å². The number of ether oxygens (including phenoxy) is 1. The molecule has 0 radical (unpaired) electrons. The standard InChI is InChI=1S/C15H24N2O3/c1-3-4-11-20-12-5-10-16-13(2)14-6-8-15(9-7-14)17(18)19/h6-9,13,16H,3-5,10-12H2,1-2H3. The fourth-order valence-electron chi connectivity index (χ4n) is 1.84. The Morgan fingerprint density at radius 3 is 2.50 bits per heavy atom. The lowest BCUT2D eigenvalue weighted by molar-refractivity contribution is -0.384. The summed E-state index contributed by atoms with van der Waals surface area (Å²) in [7, 11) is 0. The minimum absolute atomic E-state index is 0.130. The van der Waals surface area contributed by atoms with Gasteiger partial charge in [-0.1, -0.05) is 25.5 Å². The molecular formula is C15H24N2O3. The SMILES string of the molecule is CCCCOCCCNC(C)c1ccc([N+](=O)[O-])cc1. The molecule has 1 aromatic carbocycles. The van der Waals surface area contributed by atoms with Crippen molar-refractivity contribution in [3.8, 4) is 0 Å². The lowest BCUT2D eigenvalue weighted by Gasteiger charge is -2.14. The molecule has 1 N–H and O–H groups in total. The summed E-state index contributed by atoms with van der Waals surface area (Å²) < 4.78 is 5.49. The largest absolute Gasteiger partial charge is 0.381 e.